The molecule has 1 aromatic heterocycles. The van der Waals surface area contributed by atoms with E-state index >= 15 is 0 Å². The van der Waals surface area contributed by atoms with Crippen LogP contribution in [0, 0.1) is 0 Å². The van der Waals surface area contributed by atoms with Gasteiger partial charge in [0.15, 0.2) is 0 Å². The summed E-state index contributed by atoms with van der Waals surface area (Å²) in [6.07, 6.45) is 1.11. The molecule has 0 saturated heterocycles. The number of hydrogen-bond donors (Lipinski definition) is 1. The summed E-state index contributed by atoms with van der Waals surface area (Å²) in [5.41, 5.74) is 0.269. The highest BCUT2D eigenvalue weighted by molar-refractivity contribution is 7.92. The quantitative estimate of drug-likeness (QED) is 0.808. The van der Waals surface area contributed by atoms with E-state index in [1.54, 1.807) is 0 Å². The maximum Gasteiger partial charge on any atom is 0.263 e. The number of pyridine rings is 1. The van der Waals surface area contributed by atoms with E-state index < -0.39 is 10.0 Å². The van der Waals surface area contributed by atoms with Gasteiger partial charge >= 0.3 is 0 Å². The molecule has 2 rings (SSSR count). The summed E-state index contributed by atoms with van der Waals surface area (Å²) in [7, 11) is -3.84. The Hall–Kier alpha value is -0.720. The van der Waals surface area contributed by atoms with Crippen molar-refractivity contribution in [2.45, 2.75) is 4.90 Å². The molecule has 106 valence electrons. The van der Waals surface area contributed by atoms with Gasteiger partial charge in [-0.15, -0.1) is 0 Å². The lowest BCUT2D eigenvalue weighted by Gasteiger charge is -2.09. The fraction of sp³-hybridized carbons (Fsp3) is 0. The molecule has 0 amide bonds. The van der Waals surface area contributed by atoms with Crippen LogP contribution in [0.15, 0.2) is 35.4 Å². The van der Waals surface area contributed by atoms with Crippen LogP contribution < -0.4 is 4.72 Å². The Kier molecular flexibility index (Phi) is 4.66. The lowest BCUT2D eigenvalue weighted by molar-refractivity contribution is 0.601. The first kappa shape index (κ1) is 15.7. The highest BCUT2D eigenvalue weighted by Gasteiger charge is 2.17. The van der Waals surface area contributed by atoms with Gasteiger partial charge in [0.1, 0.15) is 10.0 Å². The highest BCUT2D eigenvalue weighted by Crippen LogP contribution is 2.27. The molecule has 1 N–H and O–H groups in total. The third-order valence-corrected chi connectivity index (χ3v) is 5.03. The van der Waals surface area contributed by atoms with Gasteiger partial charge in [0.25, 0.3) is 10.0 Å². The molecule has 4 nitrogen and oxygen atoms in total. The van der Waals surface area contributed by atoms with Gasteiger partial charge in [0.2, 0.25) is 0 Å². The molecule has 0 unspecified atom stereocenters. The first-order chi connectivity index (χ1) is 9.29. The van der Waals surface area contributed by atoms with Crippen LogP contribution in [0.1, 0.15) is 0 Å². The minimum atomic E-state index is -3.84. The molecule has 0 aliphatic carbocycles. The molecule has 0 radical (unpaired) electrons. The zero-order valence-electron chi connectivity index (χ0n) is 9.57. The van der Waals surface area contributed by atoms with Crippen molar-refractivity contribution in [1.82, 2.24) is 4.98 Å². The van der Waals surface area contributed by atoms with Gasteiger partial charge in [-0.05, 0) is 24.3 Å². The highest BCUT2D eigenvalue weighted by atomic mass is 35.5. The Morgan fingerprint density at radius 1 is 0.950 bits per heavy atom. The topological polar surface area (TPSA) is 59.1 Å². The van der Waals surface area contributed by atoms with Gasteiger partial charge < -0.3 is 0 Å². The van der Waals surface area contributed by atoms with E-state index in [9.17, 15) is 8.42 Å². The third-order valence-electron chi connectivity index (χ3n) is 2.25. The van der Waals surface area contributed by atoms with Crippen molar-refractivity contribution in [3.8, 4) is 0 Å². The first-order valence-corrected chi connectivity index (χ1v) is 8.08. The van der Waals surface area contributed by atoms with Crippen LogP contribution in [-0.2, 0) is 10.0 Å². The van der Waals surface area contributed by atoms with Crippen LogP contribution in [0.3, 0.4) is 0 Å². The average molecular weight is 372 g/mol. The number of halogens is 4. The molecule has 0 fully saturated rings. The van der Waals surface area contributed by atoms with Gasteiger partial charge in [0.05, 0.1) is 20.8 Å². The zero-order valence-corrected chi connectivity index (χ0v) is 13.4. The van der Waals surface area contributed by atoms with Crippen LogP contribution in [0.5, 0.6) is 0 Å². The monoisotopic (exact) mass is 370 g/mol. The molecule has 1 heterocycles. The third kappa shape index (κ3) is 3.48. The summed E-state index contributed by atoms with van der Waals surface area (Å²) in [5, 5.41) is 0.633. The number of benzene rings is 1. The molecular formula is C11H6Cl4N2O2S. The Balaban J connectivity index is 2.35. The van der Waals surface area contributed by atoms with E-state index in [4.69, 9.17) is 46.4 Å². The zero-order chi connectivity index (χ0) is 14.9. The van der Waals surface area contributed by atoms with Gasteiger partial charge in [0, 0.05) is 6.20 Å². The molecule has 0 bridgehead atoms. The molecule has 2 aromatic rings. The average Bonchev–Trinajstić information content (AvgIpc) is 2.37. The van der Waals surface area contributed by atoms with E-state index in [0.29, 0.717) is 5.02 Å². The number of hydrogen-bond acceptors (Lipinski definition) is 3. The van der Waals surface area contributed by atoms with Crippen molar-refractivity contribution < 1.29 is 8.42 Å². The standard InChI is InChI=1S/C11H6Cl4N2O2S/c12-8-2-1-6(3-9(8)13)17-20(18,19)7-4-10(14)11(15)16-5-7/h1-5,17H. The number of nitrogens with zero attached hydrogens (tertiary/aromatic N) is 1. The van der Waals surface area contributed by atoms with Gasteiger partial charge in [-0.1, -0.05) is 46.4 Å². The smallest absolute Gasteiger partial charge is 0.263 e. The minimum absolute atomic E-state index is 0.0279. The summed E-state index contributed by atoms with van der Waals surface area (Å²) < 4.78 is 26.6. The maximum absolute atomic E-state index is 12.1. The SMILES string of the molecule is O=S(=O)(Nc1ccc(Cl)c(Cl)c1)c1cnc(Cl)c(Cl)c1. The van der Waals surface area contributed by atoms with E-state index in [-0.39, 0.29) is 25.8 Å². The summed E-state index contributed by atoms with van der Waals surface area (Å²) in [6, 6.07) is 5.56. The molecular weight excluding hydrogens is 366 g/mol. The van der Waals surface area contributed by atoms with Crippen molar-refractivity contribution in [2.24, 2.45) is 0 Å². The second-order valence-electron chi connectivity index (χ2n) is 3.68. The van der Waals surface area contributed by atoms with Gasteiger partial charge in [-0.25, -0.2) is 13.4 Å². The molecule has 0 saturated carbocycles. The number of nitrogens with one attached hydrogen (secondary N) is 1. The molecule has 20 heavy (non-hydrogen) atoms. The molecule has 0 aliphatic heterocycles. The Morgan fingerprint density at radius 2 is 1.65 bits per heavy atom. The summed E-state index contributed by atoms with van der Waals surface area (Å²) in [4.78, 5) is 3.57. The minimum Gasteiger partial charge on any atom is -0.280 e. The predicted molar refractivity (Wildman–Crippen MR) is 81.5 cm³/mol. The maximum atomic E-state index is 12.1. The van der Waals surface area contributed by atoms with E-state index in [0.717, 1.165) is 6.20 Å². The van der Waals surface area contributed by atoms with E-state index in [2.05, 4.69) is 9.71 Å². The Morgan fingerprint density at radius 3 is 2.25 bits per heavy atom. The van der Waals surface area contributed by atoms with Gasteiger partial charge in [-0.2, -0.15) is 0 Å². The van der Waals surface area contributed by atoms with Crippen molar-refractivity contribution in [1.29, 1.82) is 0 Å². The lowest BCUT2D eigenvalue weighted by atomic mass is 10.3. The molecule has 9 heteroatoms. The second-order valence-corrected chi connectivity index (χ2v) is 6.94. The number of rotatable bonds is 3. The molecule has 0 atom stereocenters. The molecule has 0 spiro atoms. The van der Waals surface area contributed by atoms with Crippen LogP contribution >= 0.6 is 46.4 Å². The van der Waals surface area contributed by atoms with E-state index in [1.165, 1.54) is 24.3 Å². The summed E-state index contributed by atoms with van der Waals surface area (Å²) in [5.74, 6) is 0. The number of sulfonamides is 1. The van der Waals surface area contributed by atoms with Crippen molar-refractivity contribution in [3.05, 3.63) is 50.7 Å². The van der Waals surface area contributed by atoms with E-state index in [1.807, 2.05) is 0 Å². The second kappa shape index (κ2) is 5.95. The molecule has 0 aliphatic rings. The number of aromatic nitrogens is 1. The van der Waals surface area contributed by atoms with Crippen LogP contribution in [0.2, 0.25) is 20.2 Å². The lowest BCUT2D eigenvalue weighted by Crippen LogP contribution is -2.13. The number of anilines is 1. The molecule has 1 aromatic carbocycles. The fourth-order valence-corrected chi connectivity index (χ4v) is 2.98. The van der Waals surface area contributed by atoms with Crippen LogP contribution in [0.25, 0.3) is 0 Å². The van der Waals surface area contributed by atoms with Crippen LogP contribution in [0.4, 0.5) is 5.69 Å². The summed E-state index contributed by atoms with van der Waals surface area (Å²) >= 11 is 23.0. The predicted octanol–water partition coefficient (Wildman–Crippen LogP) is 4.50. The van der Waals surface area contributed by atoms with Crippen molar-refractivity contribution in [2.75, 3.05) is 4.72 Å². The van der Waals surface area contributed by atoms with Crippen molar-refractivity contribution in [3.63, 3.8) is 0 Å². The van der Waals surface area contributed by atoms with Gasteiger partial charge in [-0.3, -0.25) is 4.72 Å². The van der Waals surface area contributed by atoms with Crippen molar-refractivity contribution >= 4 is 62.1 Å². The first-order valence-electron chi connectivity index (χ1n) is 5.08. The largest absolute Gasteiger partial charge is 0.280 e. The normalized spacial score (nSPS) is 11.4. The Bertz CT molecular complexity index is 765. The van der Waals surface area contributed by atoms with Crippen LogP contribution in [-0.4, -0.2) is 13.4 Å². The summed E-state index contributed by atoms with van der Waals surface area (Å²) in [6.45, 7) is 0. The fourth-order valence-electron chi connectivity index (χ4n) is 1.32. The Labute approximate surface area is 135 Å².